The Morgan fingerprint density at radius 3 is 2.93 bits per heavy atom. The van der Waals surface area contributed by atoms with E-state index in [0.717, 1.165) is 5.02 Å². The van der Waals surface area contributed by atoms with Crippen LogP contribution in [0.5, 0.6) is 0 Å². The van der Waals surface area contributed by atoms with Crippen molar-refractivity contribution < 1.29 is 0 Å². The van der Waals surface area contributed by atoms with Crippen LogP contribution < -0.4 is 0 Å². The highest BCUT2D eigenvalue weighted by Gasteiger charge is 2.03. The van der Waals surface area contributed by atoms with Crippen LogP contribution in [0.1, 0.15) is 31.1 Å². The third-order valence-electron chi connectivity index (χ3n) is 2.65. The van der Waals surface area contributed by atoms with Crippen molar-refractivity contribution in [3.8, 4) is 0 Å². The van der Waals surface area contributed by atoms with Gasteiger partial charge in [-0.1, -0.05) is 37.4 Å². The number of aryl methyl sites for hydroxylation is 1. The topological polar surface area (TPSA) is 0 Å². The Balaban J connectivity index is 2.21. The molecule has 0 aliphatic rings. The number of unbranched alkanes of at least 4 members (excludes halogenated alkanes) is 2. The molecule has 0 amide bonds. The zero-order valence-electron chi connectivity index (χ0n) is 8.92. The zero-order chi connectivity index (χ0) is 10.7. The van der Waals surface area contributed by atoms with Crippen LogP contribution in [0.4, 0.5) is 0 Å². The van der Waals surface area contributed by atoms with Gasteiger partial charge >= 0.3 is 0 Å². The minimum Gasteiger partial charge on any atom is -0.148 e. The molecule has 0 N–H and O–H groups in total. The summed E-state index contributed by atoms with van der Waals surface area (Å²) in [7, 11) is 0. The second kappa shape index (κ2) is 5.00. The van der Waals surface area contributed by atoms with Crippen molar-refractivity contribution in [2.24, 2.45) is 0 Å². The second-order valence-electron chi connectivity index (χ2n) is 3.85. The molecule has 0 aliphatic carbocycles. The molecule has 80 valence electrons. The van der Waals surface area contributed by atoms with E-state index >= 15 is 0 Å². The van der Waals surface area contributed by atoms with Crippen LogP contribution in [-0.2, 0) is 6.42 Å². The van der Waals surface area contributed by atoms with E-state index in [0.29, 0.717) is 0 Å². The number of rotatable bonds is 4. The molecule has 1 heterocycles. The SMILES string of the molecule is CCCCCc1scc2cc(Cl)ccc12. The monoisotopic (exact) mass is 238 g/mol. The molecular weight excluding hydrogens is 224 g/mol. The second-order valence-corrected chi connectivity index (χ2v) is 5.25. The quantitative estimate of drug-likeness (QED) is 0.635. The minimum atomic E-state index is 0.834. The van der Waals surface area contributed by atoms with Crippen molar-refractivity contribution in [2.45, 2.75) is 32.6 Å². The van der Waals surface area contributed by atoms with Crippen LogP contribution in [0.15, 0.2) is 23.6 Å². The van der Waals surface area contributed by atoms with Crippen molar-refractivity contribution in [3.63, 3.8) is 0 Å². The molecule has 2 rings (SSSR count). The van der Waals surface area contributed by atoms with Gasteiger partial charge < -0.3 is 0 Å². The van der Waals surface area contributed by atoms with E-state index in [2.05, 4.69) is 24.4 Å². The van der Waals surface area contributed by atoms with Crippen molar-refractivity contribution in [3.05, 3.63) is 33.5 Å². The van der Waals surface area contributed by atoms with Crippen molar-refractivity contribution in [1.29, 1.82) is 0 Å². The van der Waals surface area contributed by atoms with Gasteiger partial charge in [-0.3, -0.25) is 0 Å². The summed E-state index contributed by atoms with van der Waals surface area (Å²) < 4.78 is 0. The lowest BCUT2D eigenvalue weighted by atomic mass is 10.1. The number of hydrogen-bond acceptors (Lipinski definition) is 1. The maximum Gasteiger partial charge on any atom is 0.0412 e. The molecule has 0 bridgehead atoms. The maximum atomic E-state index is 5.96. The molecule has 0 saturated carbocycles. The zero-order valence-corrected chi connectivity index (χ0v) is 10.5. The van der Waals surface area contributed by atoms with Gasteiger partial charge in [0, 0.05) is 9.90 Å². The number of fused-ring (bicyclic) bond motifs is 1. The lowest BCUT2D eigenvalue weighted by Crippen LogP contribution is -1.81. The number of hydrogen-bond donors (Lipinski definition) is 0. The molecule has 2 heteroatoms. The van der Waals surface area contributed by atoms with Gasteiger partial charge in [-0.15, -0.1) is 11.3 Å². The standard InChI is InChI=1S/C13H15ClS/c1-2-3-4-5-13-12-7-6-11(14)8-10(12)9-15-13/h6-9H,2-5H2,1H3. The molecular formula is C13H15ClS. The van der Waals surface area contributed by atoms with Crippen LogP contribution in [0.25, 0.3) is 10.8 Å². The van der Waals surface area contributed by atoms with Gasteiger partial charge in [-0.25, -0.2) is 0 Å². The third-order valence-corrected chi connectivity index (χ3v) is 3.97. The predicted molar refractivity (Wildman–Crippen MR) is 70.1 cm³/mol. The van der Waals surface area contributed by atoms with Gasteiger partial charge in [-0.2, -0.15) is 0 Å². The summed E-state index contributed by atoms with van der Waals surface area (Å²) in [4.78, 5) is 1.51. The first-order valence-electron chi connectivity index (χ1n) is 5.47. The van der Waals surface area contributed by atoms with E-state index < -0.39 is 0 Å². The molecule has 0 atom stereocenters. The van der Waals surface area contributed by atoms with E-state index in [4.69, 9.17) is 11.6 Å². The fraction of sp³-hybridized carbons (Fsp3) is 0.385. The molecule has 15 heavy (non-hydrogen) atoms. The van der Waals surface area contributed by atoms with Gasteiger partial charge in [-0.05, 0) is 41.1 Å². The van der Waals surface area contributed by atoms with E-state index in [9.17, 15) is 0 Å². The van der Waals surface area contributed by atoms with Crippen LogP contribution in [0.2, 0.25) is 5.02 Å². The Morgan fingerprint density at radius 1 is 1.27 bits per heavy atom. The summed E-state index contributed by atoms with van der Waals surface area (Å²) in [5, 5.41) is 5.72. The van der Waals surface area contributed by atoms with E-state index in [1.807, 2.05) is 17.4 Å². The Bertz CT molecular complexity index is 445. The first-order valence-corrected chi connectivity index (χ1v) is 6.72. The van der Waals surface area contributed by atoms with E-state index in [1.165, 1.54) is 41.3 Å². The van der Waals surface area contributed by atoms with Crippen molar-refractivity contribution >= 4 is 33.7 Å². The fourth-order valence-electron chi connectivity index (χ4n) is 1.81. The molecule has 0 spiro atoms. The average Bonchev–Trinajstić information content (AvgIpc) is 2.61. The number of benzene rings is 1. The van der Waals surface area contributed by atoms with Crippen molar-refractivity contribution in [2.75, 3.05) is 0 Å². The first kappa shape index (κ1) is 11.0. The highest BCUT2D eigenvalue weighted by atomic mass is 35.5. The lowest BCUT2D eigenvalue weighted by Gasteiger charge is -1.98. The third kappa shape index (κ3) is 2.53. The summed E-state index contributed by atoms with van der Waals surface area (Å²) in [6.45, 7) is 2.24. The highest BCUT2D eigenvalue weighted by molar-refractivity contribution is 7.11. The molecule has 1 aromatic carbocycles. The summed E-state index contributed by atoms with van der Waals surface area (Å²) in [5.74, 6) is 0. The number of halogens is 1. The maximum absolute atomic E-state index is 5.96. The lowest BCUT2D eigenvalue weighted by molar-refractivity contribution is 0.724. The van der Waals surface area contributed by atoms with Gasteiger partial charge in [0.2, 0.25) is 0 Å². The molecule has 0 radical (unpaired) electrons. The predicted octanol–water partition coefficient (Wildman–Crippen LogP) is 5.29. The number of thiophene rings is 1. The van der Waals surface area contributed by atoms with Gasteiger partial charge in [0.15, 0.2) is 0 Å². The van der Waals surface area contributed by atoms with E-state index in [1.54, 1.807) is 0 Å². The largest absolute Gasteiger partial charge is 0.148 e. The summed E-state index contributed by atoms with van der Waals surface area (Å²) in [5.41, 5.74) is 0. The molecule has 0 nitrogen and oxygen atoms in total. The van der Waals surface area contributed by atoms with Crippen LogP contribution in [0.3, 0.4) is 0 Å². The smallest absolute Gasteiger partial charge is 0.0412 e. The molecule has 0 saturated heterocycles. The Kier molecular flexibility index (Phi) is 3.66. The van der Waals surface area contributed by atoms with Gasteiger partial charge in [0.05, 0.1) is 0 Å². The molecule has 0 unspecified atom stereocenters. The average molecular weight is 239 g/mol. The Hall–Kier alpha value is -0.530. The normalized spacial score (nSPS) is 11.1. The first-order chi connectivity index (χ1) is 7.31. The van der Waals surface area contributed by atoms with Gasteiger partial charge in [0.25, 0.3) is 0 Å². The van der Waals surface area contributed by atoms with Crippen LogP contribution in [-0.4, -0.2) is 0 Å². The summed E-state index contributed by atoms with van der Waals surface area (Å²) in [6.07, 6.45) is 5.13. The minimum absolute atomic E-state index is 0.834. The van der Waals surface area contributed by atoms with Crippen molar-refractivity contribution in [1.82, 2.24) is 0 Å². The molecule has 1 aromatic heterocycles. The Morgan fingerprint density at radius 2 is 2.13 bits per heavy atom. The van der Waals surface area contributed by atoms with Gasteiger partial charge in [0.1, 0.15) is 0 Å². The highest BCUT2D eigenvalue weighted by Crippen LogP contribution is 2.29. The summed E-state index contributed by atoms with van der Waals surface area (Å²) in [6, 6.07) is 6.19. The summed E-state index contributed by atoms with van der Waals surface area (Å²) >= 11 is 7.82. The van der Waals surface area contributed by atoms with E-state index in [-0.39, 0.29) is 0 Å². The Labute approximate surface area is 99.9 Å². The van der Waals surface area contributed by atoms with Crippen LogP contribution >= 0.6 is 22.9 Å². The fourth-order valence-corrected chi connectivity index (χ4v) is 3.03. The molecule has 0 fully saturated rings. The van der Waals surface area contributed by atoms with Crippen LogP contribution in [0, 0.1) is 0 Å². The molecule has 0 aliphatic heterocycles. The molecule has 2 aromatic rings.